The molecule has 0 aromatic carbocycles. The third kappa shape index (κ3) is 4.03. The van der Waals surface area contributed by atoms with Gasteiger partial charge in [0.1, 0.15) is 5.60 Å². The van der Waals surface area contributed by atoms with Gasteiger partial charge in [-0.1, -0.05) is 26.7 Å². The molecule has 0 saturated heterocycles. The molecule has 0 aromatic heterocycles. The van der Waals surface area contributed by atoms with Gasteiger partial charge in [-0.05, 0) is 125 Å². The van der Waals surface area contributed by atoms with E-state index in [0.717, 1.165) is 36.0 Å². The third-order valence-corrected chi connectivity index (χ3v) is 10.1. The van der Waals surface area contributed by atoms with Crippen molar-refractivity contribution in [2.75, 3.05) is 0 Å². The molecule has 0 heterocycles. The summed E-state index contributed by atoms with van der Waals surface area (Å²) in [5, 5.41) is 0. The van der Waals surface area contributed by atoms with E-state index >= 15 is 0 Å². The van der Waals surface area contributed by atoms with E-state index in [1.807, 2.05) is 20.8 Å². The van der Waals surface area contributed by atoms with Crippen LogP contribution >= 0.6 is 0 Å². The lowest BCUT2D eigenvalue weighted by Crippen LogP contribution is -2.52. The molecule has 0 amide bonds. The van der Waals surface area contributed by atoms with E-state index in [0.29, 0.717) is 17.3 Å². The predicted molar refractivity (Wildman–Crippen MR) is 120 cm³/mol. The number of esters is 1. The summed E-state index contributed by atoms with van der Waals surface area (Å²) >= 11 is 0. The fourth-order valence-corrected chi connectivity index (χ4v) is 8.76. The average Bonchev–Trinajstić information content (AvgIpc) is 2.96. The molecule has 0 radical (unpaired) electrons. The number of carbonyl (C=O) groups excluding carboxylic acids is 1. The smallest absolute Gasteiger partial charge is 0.306 e. The van der Waals surface area contributed by atoms with Gasteiger partial charge in [-0.2, -0.15) is 0 Å². The zero-order valence-electron chi connectivity index (χ0n) is 19.9. The normalized spacial score (nSPS) is 44.5. The van der Waals surface area contributed by atoms with Gasteiger partial charge in [0, 0.05) is 6.42 Å². The first kappa shape index (κ1) is 21.7. The van der Waals surface area contributed by atoms with Crippen LogP contribution < -0.4 is 0 Å². The number of ether oxygens (including phenoxy) is 1. The van der Waals surface area contributed by atoms with Gasteiger partial charge in [-0.25, -0.2) is 0 Å². The van der Waals surface area contributed by atoms with Gasteiger partial charge in [0.05, 0.1) is 0 Å². The fourth-order valence-electron chi connectivity index (χ4n) is 8.76. The molecule has 0 aliphatic heterocycles. The second-order valence-corrected chi connectivity index (χ2v) is 12.7. The minimum atomic E-state index is -0.353. The van der Waals surface area contributed by atoms with Crippen molar-refractivity contribution in [3.8, 4) is 0 Å². The first-order valence-corrected chi connectivity index (χ1v) is 12.9. The van der Waals surface area contributed by atoms with Crippen molar-refractivity contribution in [1.29, 1.82) is 0 Å². The SMILES string of the molecule is CC(C)(C)OC(=O)CCCC1CCC2[C@@H]3CC[C@@H]4CCCCC4(C)C3CCC12C. The maximum atomic E-state index is 12.1. The first-order chi connectivity index (χ1) is 13.6. The highest BCUT2D eigenvalue weighted by molar-refractivity contribution is 5.69. The van der Waals surface area contributed by atoms with Crippen LogP contribution in [0.1, 0.15) is 118 Å². The number of hydrogen-bond donors (Lipinski definition) is 0. The van der Waals surface area contributed by atoms with Crippen molar-refractivity contribution >= 4 is 5.97 Å². The molecule has 4 saturated carbocycles. The molecule has 7 atom stereocenters. The lowest BCUT2D eigenvalue weighted by atomic mass is 9.45. The van der Waals surface area contributed by atoms with Crippen LogP contribution in [0.15, 0.2) is 0 Å². The summed E-state index contributed by atoms with van der Waals surface area (Å²) < 4.78 is 5.53. The summed E-state index contributed by atoms with van der Waals surface area (Å²) in [5.41, 5.74) is 0.832. The minimum absolute atomic E-state index is 0.00977. The predicted octanol–water partition coefficient (Wildman–Crippen LogP) is 7.55. The Morgan fingerprint density at radius 2 is 1.66 bits per heavy atom. The molecule has 4 aliphatic rings. The third-order valence-electron chi connectivity index (χ3n) is 10.1. The molecule has 5 unspecified atom stereocenters. The topological polar surface area (TPSA) is 26.3 Å². The Morgan fingerprint density at radius 3 is 2.41 bits per heavy atom. The Balaban J connectivity index is 1.37. The summed E-state index contributed by atoms with van der Waals surface area (Å²) in [5.74, 6) is 4.78. The zero-order chi connectivity index (χ0) is 20.9. The highest BCUT2D eigenvalue weighted by Gasteiger charge is 2.59. The van der Waals surface area contributed by atoms with E-state index in [1.165, 1.54) is 70.6 Å². The number of carbonyl (C=O) groups is 1. The lowest BCUT2D eigenvalue weighted by molar-refractivity contribution is -0.155. The van der Waals surface area contributed by atoms with Crippen LogP contribution in [-0.4, -0.2) is 11.6 Å². The molecule has 4 aliphatic carbocycles. The number of fused-ring (bicyclic) bond motifs is 5. The average molecular weight is 403 g/mol. The van der Waals surface area contributed by atoms with Crippen molar-refractivity contribution < 1.29 is 9.53 Å². The Hall–Kier alpha value is -0.530. The summed E-state index contributed by atoms with van der Waals surface area (Å²) in [6, 6.07) is 0. The molecule has 166 valence electrons. The van der Waals surface area contributed by atoms with Gasteiger partial charge in [-0.3, -0.25) is 4.79 Å². The van der Waals surface area contributed by atoms with E-state index in [4.69, 9.17) is 4.74 Å². The van der Waals surface area contributed by atoms with Gasteiger partial charge in [0.25, 0.3) is 0 Å². The van der Waals surface area contributed by atoms with Crippen LogP contribution in [0, 0.1) is 40.4 Å². The van der Waals surface area contributed by atoms with Crippen LogP contribution in [-0.2, 0) is 9.53 Å². The zero-order valence-corrected chi connectivity index (χ0v) is 19.9. The van der Waals surface area contributed by atoms with Crippen molar-refractivity contribution in [3.63, 3.8) is 0 Å². The Morgan fingerprint density at radius 1 is 0.897 bits per heavy atom. The quantitative estimate of drug-likeness (QED) is 0.454. The van der Waals surface area contributed by atoms with E-state index in [9.17, 15) is 4.79 Å². The summed E-state index contributed by atoms with van der Waals surface area (Å²) in [4.78, 5) is 12.1. The van der Waals surface area contributed by atoms with Crippen LogP contribution in [0.5, 0.6) is 0 Å². The maximum Gasteiger partial charge on any atom is 0.306 e. The van der Waals surface area contributed by atoms with Crippen LogP contribution in [0.3, 0.4) is 0 Å². The van der Waals surface area contributed by atoms with E-state index < -0.39 is 0 Å². The first-order valence-electron chi connectivity index (χ1n) is 12.9. The van der Waals surface area contributed by atoms with E-state index in [1.54, 1.807) is 0 Å². The van der Waals surface area contributed by atoms with Gasteiger partial charge >= 0.3 is 5.97 Å². The largest absolute Gasteiger partial charge is 0.460 e. The second kappa shape index (κ2) is 7.86. The second-order valence-electron chi connectivity index (χ2n) is 12.7. The van der Waals surface area contributed by atoms with Crippen molar-refractivity contribution in [2.45, 2.75) is 124 Å². The molecule has 0 aromatic rings. The van der Waals surface area contributed by atoms with Gasteiger partial charge in [-0.15, -0.1) is 0 Å². The molecule has 0 bridgehead atoms. The van der Waals surface area contributed by atoms with Crippen molar-refractivity contribution in [3.05, 3.63) is 0 Å². The maximum absolute atomic E-state index is 12.1. The number of hydrogen-bond acceptors (Lipinski definition) is 2. The Bertz CT molecular complexity index is 604. The highest BCUT2D eigenvalue weighted by Crippen LogP contribution is 2.67. The fraction of sp³-hybridized carbons (Fsp3) is 0.963. The van der Waals surface area contributed by atoms with Crippen LogP contribution in [0.25, 0.3) is 0 Å². The highest BCUT2D eigenvalue weighted by atomic mass is 16.6. The molecule has 29 heavy (non-hydrogen) atoms. The minimum Gasteiger partial charge on any atom is -0.460 e. The monoisotopic (exact) mass is 402 g/mol. The molecule has 4 rings (SSSR count). The Kier molecular flexibility index (Phi) is 5.88. The van der Waals surface area contributed by atoms with E-state index in [2.05, 4.69) is 13.8 Å². The number of rotatable bonds is 4. The standard InChI is InChI=1S/C27H46O2/c1-25(2,3)29-24(28)11-8-10-20-13-15-22-21-14-12-19-9-6-7-17-26(19,4)23(21)16-18-27(20,22)5/h19-23H,6-18H2,1-5H3/t19-,20?,21-,22?,23?,26?,27?/m0/s1. The molecule has 2 nitrogen and oxygen atoms in total. The molecular formula is C27H46O2. The summed E-state index contributed by atoms with van der Waals surface area (Å²) in [7, 11) is 0. The lowest BCUT2D eigenvalue weighted by Gasteiger charge is -2.60. The van der Waals surface area contributed by atoms with E-state index in [-0.39, 0.29) is 11.6 Å². The van der Waals surface area contributed by atoms with Crippen molar-refractivity contribution in [2.24, 2.45) is 40.4 Å². The van der Waals surface area contributed by atoms with Crippen LogP contribution in [0.4, 0.5) is 0 Å². The molecule has 4 fully saturated rings. The molecule has 0 N–H and O–H groups in total. The Labute approximate surface area is 179 Å². The van der Waals surface area contributed by atoms with Gasteiger partial charge < -0.3 is 4.74 Å². The van der Waals surface area contributed by atoms with Gasteiger partial charge in [0.2, 0.25) is 0 Å². The summed E-state index contributed by atoms with van der Waals surface area (Å²) in [6.45, 7) is 11.2. The molecule has 2 heteroatoms. The van der Waals surface area contributed by atoms with Crippen molar-refractivity contribution in [1.82, 2.24) is 0 Å². The molecule has 0 spiro atoms. The van der Waals surface area contributed by atoms with Gasteiger partial charge in [0.15, 0.2) is 0 Å². The van der Waals surface area contributed by atoms with Crippen LogP contribution in [0.2, 0.25) is 0 Å². The molecular weight excluding hydrogens is 356 g/mol. The summed E-state index contributed by atoms with van der Waals surface area (Å²) in [6.07, 6.45) is 17.6.